The second-order valence-corrected chi connectivity index (χ2v) is 12.5. The van der Waals surface area contributed by atoms with Crippen LogP contribution < -0.4 is 0 Å². The molecule has 4 aromatic heterocycles. The van der Waals surface area contributed by atoms with E-state index in [1.165, 1.54) is 65.2 Å². The molecular weight excluding hydrogens is 652 g/mol. The van der Waals surface area contributed by atoms with Crippen LogP contribution >= 0.6 is 15.9 Å². The van der Waals surface area contributed by atoms with Crippen LogP contribution in [0.25, 0.3) is 76.8 Å². The summed E-state index contributed by atoms with van der Waals surface area (Å²) in [6.07, 6.45) is 3.68. The van der Waals surface area contributed by atoms with E-state index in [9.17, 15) is 0 Å². The molecule has 10 rings (SSSR count). The van der Waals surface area contributed by atoms with Crippen molar-refractivity contribution in [1.82, 2.24) is 19.1 Å². The number of nitrogens with zero attached hydrogens (tertiary/aromatic N) is 4. The lowest BCUT2D eigenvalue weighted by Gasteiger charge is -2.06. The monoisotopic (exact) mass is 682 g/mol. The van der Waals surface area contributed by atoms with Gasteiger partial charge in [0.2, 0.25) is 0 Å². The number of halogens is 1. The molecule has 0 radical (unpaired) electrons. The van der Waals surface area contributed by atoms with Gasteiger partial charge in [-0.15, -0.1) is 0 Å². The molecule has 0 fully saturated rings. The highest BCUT2D eigenvalue weighted by Gasteiger charge is 2.16. The summed E-state index contributed by atoms with van der Waals surface area (Å²) in [5, 5.41) is 10.2. The molecular formula is C43H31BrN4. The summed E-state index contributed by atoms with van der Waals surface area (Å²) in [6.45, 7) is 0. The minimum absolute atomic E-state index is 0. The lowest BCUT2D eigenvalue weighted by molar-refractivity contribution is 1.08. The van der Waals surface area contributed by atoms with Crippen molar-refractivity contribution in [3.8, 4) is 11.6 Å². The first-order valence-corrected chi connectivity index (χ1v) is 16.4. The molecule has 0 bridgehead atoms. The highest BCUT2D eigenvalue weighted by molar-refractivity contribution is 9.10. The molecule has 0 aliphatic carbocycles. The molecule has 0 N–H and O–H groups in total. The minimum Gasteiger partial charge on any atom is -0.294 e. The Kier molecular flexibility index (Phi) is 7.47. The Morgan fingerprint density at radius 1 is 0.396 bits per heavy atom. The summed E-state index contributed by atoms with van der Waals surface area (Å²) in [6, 6.07) is 52.9. The molecule has 0 unspecified atom stereocenters. The van der Waals surface area contributed by atoms with Crippen LogP contribution in [0, 0.1) is 0 Å². The lowest BCUT2D eigenvalue weighted by Crippen LogP contribution is -1.96. The Labute approximate surface area is 286 Å². The normalized spacial score (nSPS) is 11.3. The zero-order valence-corrected chi connectivity index (χ0v) is 26.8. The van der Waals surface area contributed by atoms with E-state index in [0.717, 1.165) is 16.1 Å². The number of para-hydroxylation sites is 1. The van der Waals surface area contributed by atoms with E-state index in [2.05, 4.69) is 162 Å². The third kappa shape index (κ3) is 4.74. The Hall–Kier alpha value is -5.78. The van der Waals surface area contributed by atoms with Gasteiger partial charge in [-0.05, 0) is 82.2 Å². The van der Waals surface area contributed by atoms with Crippen LogP contribution in [0.1, 0.15) is 7.43 Å². The molecule has 0 saturated carbocycles. The van der Waals surface area contributed by atoms with Crippen LogP contribution in [0.4, 0.5) is 0 Å². The zero-order chi connectivity index (χ0) is 31.3. The molecule has 4 nitrogen and oxygen atoms in total. The van der Waals surface area contributed by atoms with Gasteiger partial charge >= 0.3 is 0 Å². The van der Waals surface area contributed by atoms with Crippen LogP contribution in [0.15, 0.2) is 169 Å². The molecule has 5 heteroatoms. The average Bonchev–Trinajstić information content (AvgIpc) is 3.66. The topological polar surface area (TPSA) is 35.6 Å². The van der Waals surface area contributed by atoms with E-state index in [0.29, 0.717) is 0 Å². The van der Waals surface area contributed by atoms with E-state index in [-0.39, 0.29) is 7.43 Å². The van der Waals surface area contributed by atoms with Gasteiger partial charge in [0, 0.05) is 38.4 Å². The predicted octanol–water partition coefficient (Wildman–Crippen LogP) is 12.1. The van der Waals surface area contributed by atoms with E-state index in [1.807, 2.05) is 36.7 Å². The Morgan fingerprint density at radius 3 is 1.42 bits per heavy atom. The van der Waals surface area contributed by atoms with Crippen molar-refractivity contribution in [1.29, 1.82) is 0 Å². The van der Waals surface area contributed by atoms with Crippen LogP contribution in [0.2, 0.25) is 0 Å². The Morgan fingerprint density at radius 2 is 0.854 bits per heavy atom. The average molecular weight is 684 g/mol. The summed E-state index contributed by atoms with van der Waals surface area (Å²) < 4.78 is 5.57. The minimum atomic E-state index is 0. The molecule has 10 aromatic rings. The smallest absolute Gasteiger partial charge is 0.137 e. The van der Waals surface area contributed by atoms with E-state index >= 15 is 0 Å². The van der Waals surface area contributed by atoms with Crippen LogP contribution in [0.3, 0.4) is 0 Å². The number of aromatic nitrogens is 4. The Bertz CT molecular complexity index is 2750. The van der Waals surface area contributed by atoms with Crippen molar-refractivity contribution in [2.75, 3.05) is 0 Å². The van der Waals surface area contributed by atoms with Crippen molar-refractivity contribution in [2.45, 2.75) is 7.43 Å². The van der Waals surface area contributed by atoms with Crippen LogP contribution in [-0.2, 0) is 0 Å². The van der Waals surface area contributed by atoms with Crippen molar-refractivity contribution in [2.24, 2.45) is 0 Å². The molecule has 0 saturated heterocycles. The summed E-state index contributed by atoms with van der Waals surface area (Å²) in [4.78, 5) is 9.14. The first kappa shape index (κ1) is 29.6. The van der Waals surface area contributed by atoms with Gasteiger partial charge in [0.15, 0.2) is 0 Å². The van der Waals surface area contributed by atoms with Gasteiger partial charge in [0.05, 0.1) is 22.1 Å². The van der Waals surface area contributed by atoms with Gasteiger partial charge in [-0.1, -0.05) is 114 Å². The van der Waals surface area contributed by atoms with E-state index in [4.69, 9.17) is 0 Å². The van der Waals surface area contributed by atoms with Gasteiger partial charge in [-0.3, -0.25) is 9.13 Å². The summed E-state index contributed by atoms with van der Waals surface area (Å²) >= 11 is 3.62. The first-order valence-electron chi connectivity index (χ1n) is 15.6. The fourth-order valence-corrected chi connectivity index (χ4v) is 7.33. The molecule has 48 heavy (non-hydrogen) atoms. The fraction of sp³-hybridized carbons (Fsp3) is 0.0233. The maximum absolute atomic E-state index is 4.58. The molecule has 6 aromatic carbocycles. The highest BCUT2D eigenvalue weighted by atomic mass is 79.9. The standard InChI is InChI=1S/C21H13BrN2.C21H14N2.CH4/c22-15-9-11-18-17(13-15)21-16-6-2-1-5-14(16)8-10-19(21)24(18)20-7-3-4-12-23-20;1-2-8-16-15(7-1)12-13-19-21(16)17-9-3-4-10-18(17)23(19)20-11-5-6-14-22-20;/h1-13H;1-14H;1H4. The summed E-state index contributed by atoms with van der Waals surface area (Å²) in [5.74, 6) is 1.89. The molecule has 0 amide bonds. The molecule has 0 atom stereocenters. The highest BCUT2D eigenvalue weighted by Crippen LogP contribution is 2.38. The number of benzene rings is 6. The van der Waals surface area contributed by atoms with Crippen molar-refractivity contribution in [3.63, 3.8) is 0 Å². The van der Waals surface area contributed by atoms with Crippen LogP contribution in [0.5, 0.6) is 0 Å². The second-order valence-electron chi connectivity index (χ2n) is 11.6. The van der Waals surface area contributed by atoms with E-state index < -0.39 is 0 Å². The van der Waals surface area contributed by atoms with E-state index in [1.54, 1.807) is 0 Å². The maximum atomic E-state index is 4.58. The SMILES string of the molecule is Brc1ccc2c(c1)c1c3ccccc3ccc1n2-c1ccccn1.C.c1ccc(-n2c3ccccc3c3c4ccccc4ccc32)nc1. The van der Waals surface area contributed by atoms with Gasteiger partial charge < -0.3 is 0 Å². The molecule has 0 spiro atoms. The van der Waals surface area contributed by atoms with Crippen molar-refractivity contribution < 1.29 is 0 Å². The third-order valence-corrected chi connectivity index (χ3v) is 9.43. The number of hydrogen-bond acceptors (Lipinski definition) is 2. The van der Waals surface area contributed by atoms with Gasteiger partial charge in [0.25, 0.3) is 0 Å². The number of fused-ring (bicyclic) bond motifs is 10. The molecule has 230 valence electrons. The molecule has 0 aliphatic heterocycles. The summed E-state index contributed by atoms with van der Waals surface area (Å²) in [5.41, 5.74) is 4.74. The number of rotatable bonds is 2. The first-order chi connectivity index (χ1) is 23.3. The molecule has 0 aliphatic rings. The van der Waals surface area contributed by atoms with Crippen molar-refractivity contribution >= 4 is 81.1 Å². The zero-order valence-electron chi connectivity index (χ0n) is 25.3. The van der Waals surface area contributed by atoms with Crippen LogP contribution in [-0.4, -0.2) is 19.1 Å². The van der Waals surface area contributed by atoms with Gasteiger partial charge in [-0.25, -0.2) is 9.97 Å². The quantitative estimate of drug-likeness (QED) is 0.182. The predicted molar refractivity (Wildman–Crippen MR) is 207 cm³/mol. The Balaban J connectivity index is 0.000000137. The largest absolute Gasteiger partial charge is 0.294 e. The third-order valence-electron chi connectivity index (χ3n) is 8.94. The number of pyridine rings is 2. The fourth-order valence-electron chi connectivity index (χ4n) is 6.97. The van der Waals surface area contributed by atoms with Crippen molar-refractivity contribution in [3.05, 3.63) is 169 Å². The maximum Gasteiger partial charge on any atom is 0.137 e. The summed E-state index contributed by atoms with van der Waals surface area (Å²) in [7, 11) is 0. The van der Waals surface area contributed by atoms with Gasteiger partial charge in [0.1, 0.15) is 11.6 Å². The lowest BCUT2D eigenvalue weighted by atomic mass is 10.0. The number of hydrogen-bond donors (Lipinski definition) is 0. The molecule has 4 heterocycles. The van der Waals surface area contributed by atoms with Gasteiger partial charge in [-0.2, -0.15) is 0 Å². The second kappa shape index (κ2) is 12.1.